The summed E-state index contributed by atoms with van der Waals surface area (Å²) in [6, 6.07) is 19.9. The molecule has 2 aliphatic heterocycles. The summed E-state index contributed by atoms with van der Waals surface area (Å²) in [6.45, 7) is 4.81. The van der Waals surface area contributed by atoms with Crippen molar-refractivity contribution < 1.29 is 19.2 Å². The Morgan fingerprint density at radius 3 is 1.26 bits per heavy atom. The lowest BCUT2D eigenvalue weighted by molar-refractivity contribution is -0.166. The fourth-order valence-corrected chi connectivity index (χ4v) is 8.41. The topological polar surface area (TPSA) is 74.8 Å². The minimum Gasteiger partial charge on any atom is -0.281 e. The van der Waals surface area contributed by atoms with Crippen LogP contribution in [0.1, 0.15) is 36.8 Å². The molecule has 6 aliphatic rings. The minimum absolute atomic E-state index is 0.0343. The van der Waals surface area contributed by atoms with Crippen molar-refractivity contribution in [3.05, 3.63) is 83.9 Å². The number of amides is 4. The molecule has 0 unspecified atom stereocenters. The molecule has 4 amide bonds. The second kappa shape index (κ2) is 8.48. The van der Waals surface area contributed by atoms with E-state index in [0.29, 0.717) is 13.1 Å². The van der Waals surface area contributed by atoms with Gasteiger partial charge in [-0.25, -0.2) is 0 Å². The van der Waals surface area contributed by atoms with E-state index in [1.165, 1.54) is 9.80 Å². The Bertz CT molecular complexity index is 1300. The number of allylic oxidation sites excluding steroid dienone is 2. The van der Waals surface area contributed by atoms with E-state index in [2.05, 4.69) is 12.2 Å². The summed E-state index contributed by atoms with van der Waals surface area (Å²) in [7, 11) is 0. The van der Waals surface area contributed by atoms with E-state index >= 15 is 0 Å². The molecule has 2 bridgehead atoms. The summed E-state index contributed by atoms with van der Waals surface area (Å²) < 4.78 is 0. The number of fused-ring (bicyclic) bond motifs is 1. The highest BCUT2D eigenvalue weighted by molar-refractivity contribution is 6.09. The van der Waals surface area contributed by atoms with Crippen LogP contribution >= 0.6 is 0 Å². The first kappa shape index (κ1) is 23.6. The van der Waals surface area contributed by atoms with Gasteiger partial charge >= 0.3 is 0 Å². The van der Waals surface area contributed by atoms with Gasteiger partial charge in [0.1, 0.15) is 0 Å². The van der Waals surface area contributed by atoms with E-state index in [1.54, 1.807) is 0 Å². The van der Waals surface area contributed by atoms with Crippen LogP contribution in [0.25, 0.3) is 0 Å². The lowest BCUT2D eigenvalue weighted by Crippen LogP contribution is -2.63. The highest BCUT2D eigenvalue weighted by Gasteiger charge is 2.74. The number of hydrogen-bond acceptors (Lipinski definition) is 4. The third kappa shape index (κ3) is 3.12. The molecule has 4 fully saturated rings. The molecule has 0 spiro atoms. The van der Waals surface area contributed by atoms with Crippen molar-refractivity contribution in [2.75, 3.05) is 13.1 Å². The van der Waals surface area contributed by atoms with Crippen LogP contribution in [0.2, 0.25) is 0 Å². The smallest absolute Gasteiger partial charge is 0.233 e. The molecule has 2 saturated heterocycles. The highest BCUT2D eigenvalue weighted by atomic mass is 16.2. The van der Waals surface area contributed by atoms with Crippen molar-refractivity contribution in [1.29, 1.82) is 0 Å². The van der Waals surface area contributed by atoms with Gasteiger partial charge in [0.05, 0.1) is 23.7 Å². The molecular formula is C32H32N2O4. The third-order valence-corrected chi connectivity index (χ3v) is 10.2. The molecule has 8 rings (SSSR count). The van der Waals surface area contributed by atoms with Crippen LogP contribution in [-0.4, -0.2) is 46.5 Å². The molecular weight excluding hydrogens is 476 g/mol. The maximum Gasteiger partial charge on any atom is 0.233 e. The molecule has 38 heavy (non-hydrogen) atoms. The number of benzene rings is 2. The molecule has 0 aromatic heterocycles. The van der Waals surface area contributed by atoms with Crippen LogP contribution < -0.4 is 0 Å². The van der Waals surface area contributed by atoms with E-state index in [0.717, 1.165) is 11.1 Å². The van der Waals surface area contributed by atoms with Crippen molar-refractivity contribution >= 4 is 23.6 Å². The SMILES string of the molecule is C[C@H](CN1C(=O)[C@@H]2[C@H]3C=C[C@@H]([C@@H]2C1=O)[C@@H]1[C@@H]2C(=O)N(C[C@H](C)c4ccccc4)C(=O)[C@@H]2[C@H]31)c1ccccc1. The summed E-state index contributed by atoms with van der Waals surface area (Å²) in [6.07, 6.45) is 4.15. The Morgan fingerprint density at radius 2 is 0.895 bits per heavy atom. The zero-order valence-corrected chi connectivity index (χ0v) is 21.6. The maximum absolute atomic E-state index is 13.7. The molecule has 4 aliphatic carbocycles. The minimum atomic E-state index is -0.414. The first-order valence-electron chi connectivity index (χ1n) is 13.9. The Kier molecular flexibility index (Phi) is 5.26. The predicted molar refractivity (Wildman–Crippen MR) is 140 cm³/mol. The summed E-state index contributed by atoms with van der Waals surface area (Å²) in [5.74, 6) is -2.25. The van der Waals surface area contributed by atoms with Gasteiger partial charge < -0.3 is 0 Å². The average molecular weight is 509 g/mol. The van der Waals surface area contributed by atoms with Gasteiger partial charge in [0, 0.05) is 13.1 Å². The highest BCUT2D eigenvalue weighted by Crippen LogP contribution is 2.68. The standard InChI is InChI=1S/C32H32N2O4/c1-17(19-9-5-3-6-10-19)15-33-29(35)25-21-13-14-22(26(25)30(33)36)24-23(21)27-28(24)32(38)34(31(27)37)16-18(2)20-11-7-4-8-12-20/h3-14,17-18,21-28H,15-16H2,1-2H3/t17-,18+,21-,22+,23+,24-,25+,26-,27+,28-/m1/s1. The number of nitrogens with zero attached hydrogens (tertiary/aromatic N) is 2. The summed E-state index contributed by atoms with van der Waals surface area (Å²) in [4.78, 5) is 57.5. The van der Waals surface area contributed by atoms with Crippen molar-refractivity contribution in [2.24, 2.45) is 47.3 Å². The molecule has 2 heterocycles. The molecule has 2 aromatic rings. The zero-order valence-electron chi connectivity index (χ0n) is 21.6. The summed E-state index contributed by atoms with van der Waals surface area (Å²) >= 11 is 0. The first-order chi connectivity index (χ1) is 18.4. The van der Waals surface area contributed by atoms with Gasteiger partial charge in [-0.15, -0.1) is 0 Å². The summed E-state index contributed by atoms with van der Waals surface area (Å²) in [5.41, 5.74) is 2.20. The van der Waals surface area contributed by atoms with Gasteiger partial charge in [0.25, 0.3) is 0 Å². The van der Waals surface area contributed by atoms with Crippen LogP contribution in [0.5, 0.6) is 0 Å². The van der Waals surface area contributed by atoms with E-state index < -0.39 is 11.8 Å². The van der Waals surface area contributed by atoms with Crippen LogP contribution in [0.15, 0.2) is 72.8 Å². The fraction of sp³-hybridized carbons (Fsp3) is 0.438. The first-order valence-corrected chi connectivity index (χ1v) is 13.9. The maximum atomic E-state index is 13.7. The van der Waals surface area contributed by atoms with Gasteiger partial charge in [-0.2, -0.15) is 0 Å². The fourth-order valence-electron chi connectivity index (χ4n) is 8.41. The van der Waals surface area contributed by atoms with E-state index in [4.69, 9.17) is 0 Å². The van der Waals surface area contributed by atoms with Crippen molar-refractivity contribution in [1.82, 2.24) is 9.80 Å². The van der Waals surface area contributed by atoms with Gasteiger partial charge in [-0.05, 0) is 46.6 Å². The Labute approximate surface area is 222 Å². The number of carbonyl (C=O) groups is 4. The van der Waals surface area contributed by atoms with Crippen molar-refractivity contribution in [3.8, 4) is 0 Å². The van der Waals surface area contributed by atoms with Gasteiger partial charge in [-0.3, -0.25) is 29.0 Å². The normalized spacial score (nSPS) is 36.2. The monoisotopic (exact) mass is 508 g/mol. The second-order valence-corrected chi connectivity index (χ2v) is 12.0. The van der Waals surface area contributed by atoms with Crippen molar-refractivity contribution in [2.45, 2.75) is 25.7 Å². The molecule has 6 heteroatoms. The van der Waals surface area contributed by atoms with Crippen LogP contribution in [0.3, 0.4) is 0 Å². The second-order valence-electron chi connectivity index (χ2n) is 12.0. The lowest BCUT2D eigenvalue weighted by Gasteiger charge is -2.60. The number of rotatable bonds is 6. The number of hydrogen-bond donors (Lipinski definition) is 0. The lowest BCUT2D eigenvalue weighted by atomic mass is 9.40. The summed E-state index contributed by atoms with van der Waals surface area (Å²) in [5, 5.41) is 0. The van der Waals surface area contributed by atoms with Crippen molar-refractivity contribution in [3.63, 3.8) is 0 Å². The number of imide groups is 2. The number of likely N-dealkylation sites (tertiary alicyclic amines) is 2. The molecule has 10 atom stereocenters. The molecule has 2 saturated carbocycles. The Balaban J connectivity index is 1.13. The number of carbonyl (C=O) groups excluding carboxylic acids is 4. The van der Waals surface area contributed by atoms with Crippen LogP contribution in [0, 0.1) is 47.3 Å². The molecule has 2 aromatic carbocycles. The third-order valence-electron chi connectivity index (χ3n) is 10.2. The molecule has 6 nitrogen and oxygen atoms in total. The Morgan fingerprint density at radius 1 is 0.553 bits per heavy atom. The van der Waals surface area contributed by atoms with Gasteiger partial charge in [-0.1, -0.05) is 86.7 Å². The molecule has 194 valence electrons. The largest absolute Gasteiger partial charge is 0.281 e. The predicted octanol–water partition coefficient (Wildman–Crippen LogP) is 3.86. The molecule has 0 N–H and O–H groups in total. The average Bonchev–Trinajstić information content (AvgIpc) is 3.29. The van der Waals surface area contributed by atoms with E-state index in [1.807, 2.05) is 74.5 Å². The molecule has 0 radical (unpaired) electrons. The van der Waals surface area contributed by atoms with E-state index in [-0.39, 0.29) is 71.0 Å². The van der Waals surface area contributed by atoms with Gasteiger partial charge in [0.2, 0.25) is 23.6 Å². The van der Waals surface area contributed by atoms with Crippen LogP contribution in [0.4, 0.5) is 0 Å². The zero-order chi connectivity index (χ0) is 26.3. The quantitative estimate of drug-likeness (QED) is 0.439. The van der Waals surface area contributed by atoms with Gasteiger partial charge in [0.15, 0.2) is 0 Å². The van der Waals surface area contributed by atoms with E-state index in [9.17, 15) is 19.2 Å². The Hall–Kier alpha value is -3.54. The van der Waals surface area contributed by atoms with Crippen LogP contribution in [-0.2, 0) is 19.2 Å².